The molecule has 0 aliphatic heterocycles. The van der Waals surface area contributed by atoms with Crippen molar-refractivity contribution in [3.63, 3.8) is 0 Å². The lowest BCUT2D eigenvalue weighted by atomic mass is 10.1. The van der Waals surface area contributed by atoms with Crippen molar-refractivity contribution < 1.29 is 8.42 Å². The molecular formula is C15H13N3O2S. The Morgan fingerprint density at radius 3 is 2.48 bits per heavy atom. The zero-order chi connectivity index (χ0) is 14.9. The van der Waals surface area contributed by atoms with Gasteiger partial charge in [0.05, 0.1) is 23.0 Å². The first-order chi connectivity index (χ1) is 10.1. The predicted octanol–water partition coefficient (Wildman–Crippen LogP) is 2.74. The van der Waals surface area contributed by atoms with Crippen LogP contribution in [0.2, 0.25) is 0 Å². The lowest BCUT2D eigenvalue weighted by molar-refractivity contribution is 0.602. The molecule has 3 aromatic rings. The highest BCUT2D eigenvalue weighted by atomic mass is 32.2. The van der Waals surface area contributed by atoms with Gasteiger partial charge in [-0.2, -0.15) is 0 Å². The van der Waals surface area contributed by atoms with Gasteiger partial charge in [-0.3, -0.25) is 9.71 Å². The number of hydrogen-bond acceptors (Lipinski definition) is 4. The highest BCUT2D eigenvalue weighted by molar-refractivity contribution is 7.93. The molecule has 0 aliphatic rings. The summed E-state index contributed by atoms with van der Waals surface area (Å²) < 4.78 is 27.5. The van der Waals surface area contributed by atoms with Crippen molar-refractivity contribution in [3.05, 3.63) is 60.6 Å². The Bertz CT molecular complexity index is 885. The van der Waals surface area contributed by atoms with Gasteiger partial charge in [0.1, 0.15) is 0 Å². The molecule has 5 nitrogen and oxygen atoms in total. The molecule has 1 heterocycles. The minimum absolute atomic E-state index is 0.202. The van der Waals surface area contributed by atoms with Gasteiger partial charge in [0.2, 0.25) is 0 Å². The number of fused-ring (bicyclic) bond motifs is 1. The summed E-state index contributed by atoms with van der Waals surface area (Å²) in [6.07, 6.45) is 2.92. The topological polar surface area (TPSA) is 72.0 Å². The van der Waals surface area contributed by atoms with Crippen LogP contribution in [0.3, 0.4) is 0 Å². The van der Waals surface area contributed by atoms with Gasteiger partial charge in [0.15, 0.2) is 5.82 Å². The molecule has 2 aromatic carbocycles. The number of rotatable bonds is 3. The highest BCUT2D eigenvalue weighted by Gasteiger charge is 2.17. The van der Waals surface area contributed by atoms with Crippen LogP contribution in [0.1, 0.15) is 5.69 Å². The molecule has 0 saturated heterocycles. The number of benzene rings is 2. The van der Waals surface area contributed by atoms with E-state index in [2.05, 4.69) is 14.7 Å². The van der Waals surface area contributed by atoms with Crippen LogP contribution in [0.15, 0.2) is 59.8 Å². The van der Waals surface area contributed by atoms with Gasteiger partial charge in [-0.25, -0.2) is 13.4 Å². The van der Waals surface area contributed by atoms with Crippen LogP contribution in [0.25, 0.3) is 10.8 Å². The molecule has 0 atom stereocenters. The Labute approximate surface area is 122 Å². The second kappa shape index (κ2) is 5.14. The summed E-state index contributed by atoms with van der Waals surface area (Å²) in [7, 11) is -3.71. The van der Waals surface area contributed by atoms with Crippen LogP contribution < -0.4 is 4.72 Å². The van der Waals surface area contributed by atoms with Crippen molar-refractivity contribution in [1.29, 1.82) is 0 Å². The third-order valence-electron chi connectivity index (χ3n) is 3.06. The molecule has 1 N–H and O–H groups in total. The number of hydrogen-bond donors (Lipinski definition) is 1. The quantitative estimate of drug-likeness (QED) is 0.807. The highest BCUT2D eigenvalue weighted by Crippen LogP contribution is 2.24. The van der Waals surface area contributed by atoms with Gasteiger partial charge in [-0.1, -0.05) is 36.4 Å². The van der Waals surface area contributed by atoms with E-state index in [1.54, 1.807) is 25.1 Å². The fourth-order valence-corrected chi connectivity index (χ4v) is 3.29. The maximum absolute atomic E-state index is 12.5. The zero-order valence-electron chi connectivity index (χ0n) is 11.3. The summed E-state index contributed by atoms with van der Waals surface area (Å²) in [4.78, 5) is 8.27. The first-order valence-corrected chi connectivity index (χ1v) is 7.84. The van der Waals surface area contributed by atoms with Crippen molar-refractivity contribution in [1.82, 2.24) is 9.97 Å². The van der Waals surface area contributed by atoms with Crippen LogP contribution in [0.4, 0.5) is 5.82 Å². The lowest BCUT2D eigenvalue weighted by Gasteiger charge is -2.09. The molecule has 0 spiro atoms. The fourth-order valence-electron chi connectivity index (χ4n) is 2.07. The summed E-state index contributed by atoms with van der Waals surface area (Å²) in [5.41, 5.74) is 0.725. The lowest BCUT2D eigenvalue weighted by Crippen LogP contribution is -2.14. The maximum atomic E-state index is 12.5. The Kier molecular flexibility index (Phi) is 3.31. The Balaban J connectivity index is 2.06. The third-order valence-corrected chi connectivity index (χ3v) is 4.47. The van der Waals surface area contributed by atoms with Crippen molar-refractivity contribution in [3.8, 4) is 0 Å². The average Bonchev–Trinajstić information content (AvgIpc) is 2.49. The van der Waals surface area contributed by atoms with E-state index in [9.17, 15) is 8.42 Å². The second-order valence-corrected chi connectivity index (χ2v) is 6.28. The predicted molar refractivity (Wildman–Crippen MR) is 81.5 cm³/mol. The molecule has 1 aromatic heterocycles. The fraction of sp³-hybridized carbons (Fsp3) is 0.0667. The van der Waals surface area contributed by atoms with Crippen LogP contribution in [0, 0.1) is 6.92 Å². The van der Waals surface area contributed by atoms with Gasteiger partial charge in [-0.15, -0.1) is 0 Å². The first kappa shape index (κ1) is 13.5. The molecular weight excluding hydrogens is 286 g/mol. The van der Waals surface area contributed by atoms with E-state index in [-0.39, 0.29) is 10.7 Å². The number of nitrogens with one attached hydrogen (secondary N) is 1. The van der Waals surface area contributed by atoms with Gasteiger partial charge < -0.3 is 0 Å². The molecule has 21 heavy (non-hydrogen) atoms. The van der Waals surface area contributed by atoms with E-state index < -0.39 is 10.0 Å². The van der Waals surface area contributed by atoms with Crippen LogP contribution >= 0.6 is 0 Å². The Morgan fingerprint density at radius 1 is 0.952 bits per heavy atom. The van der Waals surface area contributed by atoms with E-state index in [0.29, 0.717) is 5.39 Å². The number of aromatic nitrogens is 2. The zero-order valence-corrected chi connectivity index (χ0v) is 12.1. The molecule has 0 bridgehead atoms. The van der Waals surface area contributed by atoms with Crippen molar-refractivity contribution in [2.24, 2.45) is 0 Å². The van der Waals surface area contributed by atoms with Crippen molar-refractivity contribution >= 4 is 26.6 Å². The monoisotopic (exact) mass is 299 g/mol. The molecule has 0 fully saturated rings. The SMILES string of the molecule is Cc1cnc(NS(=O)(=O)c2cccc3ccccc23)cn1. The van der Waals surface area contributed by atoms with E-state index in [4.69, 9.17) is 0 Å². The Morgan fingerprint density at radius 2 is 1.71 bits per heavy atom. The maximum Gasteiger partial charge on any atom is 0.263 e. The average molecular weight is 299 g/mol. The van der Waals surface area contributed by atoms with E-state index in [0.717, 1.165) is 11.1 Å². The van der Waals surface area contributed by atoms with Crippen LogP contribution in [-0.2, 0) is 10.0 Å². The Hall–Kier alpha value is -2.47. The number of sulfonamides is 1. The van der Waals surface area contributed by atoms with Crippen LogP contribution in [0.5, 0.6) is 0 Å². The minimum atomic E-state index is -3.71. The van der Waals surface area contributed by atoms with E-state index in [1.807, 2.05) is 24.3 Å². The standard InChI is InChI=1S/C15H13N3O2S/c1-11-9-17-15(10-16-11)18-21(19,20)14-8-4-6-12-5-2-3-7-13(12)14/h2-10H,1H3,(H,17,18). The van der Waals surface area contributed by atoms with Gasteiger partial charge in [-0.05, 0) is 18.4 Å². The molecule has 0 saturated carbocycles. The summed E-state index contributed by atoms with van der Waals surface area (Å²) in [5.74, 6) is 0.202. The smallest absolute Gasteiger partial charge is 0.262 e. The summed E-state index contributed by atoms with van der Waals surface area (Å²) in [6, 6.07) is 12.5. The van der Waals surface area contributed by atoms with Gasteiger partial charge in [0.25, 0.3) is 10.0 Å². The van der Waals surface area contributed by atoms with Crippen molar-refractivity contribution in [2.75, 3.05) is 4.72 Å². The molecule has 0 amide bonds. The molecule has 3 rings (SSSR count). The van der Waals surface area contributed by atoms with Crippen LogP contribution in [-0.4, -0.2) is 18.4 Å². The van der Waals surface area contributed by atoms with Gasteiger partial charge >= 0.3 is 0 Å². The number of nitrogens with zero attached hydrogens (tertiary/aromatic N) is 2. The summed E-state index contributed by atoms with van der Waals surface area (Å²) >= 11 is 0. The largest absolute Gasteiger partial charge is 0.263 e. The number of anilines is 1. The summed E-state index contributed by atoms with van der Waals surface area (Å²) in [6.45, 7) is 1.79. The third kappa shape index (κ3) is 2.71. The molecule has 6 heteroatoms. The summed E-state index contributed by atoms with van der Waals surface area (Å²) in [5, 5.41) is 1.54. The molecule has 106 valence electrons. The van der Waals surface area contributed by atoms with E-state index >= 15 is 0 Å². The molecule has 0 unspecified atom stereocenters. The molecule has 0 radical (unpaired) electrons. The minimum Gasteiger partial charge on any atom is -0.262 e. The van der Waals surface area contributed by atoms with Crippen molar-refractivity contribution in [2.45, 2.75) is 11.8 Å². The van der Waals surface area contributed by atoms with Gasteiger partial charge in [0, 0.05) is 5.39 Å². The first-order valence-electron chi connectivity index (χ1n) is 6.35. The molecule has 0 aliphatic carbocycles. The van der Waals surface area contributed by atoms with E-state index in [1.165, 1.54) is 12.4 Å². The normalized spacial score (nSPS) is 11.5. The second-order valence-electron chi connectivity index (χ2n) is 4.63. The number of aryl methyl sites for hydroxylation is 1.